The van der Waals surface area contributed by atoms with Gasteiger partial charge in [-0.3, -0.25) is 4.79 Å². The molecule has 0 radical (unpaired) electrons. The molecule has 1 heterocycles. The monoisotopic (exact) mass is 236 g/mol. The van der Waals surface area contributed by atoms with Crippen LogP contribution in [0, 0.1) is 5.92 Å². The van der Waals surface area contributed by atoms with Crippen LogP contribution in [-0.2, 0) is 9.53 Å². The Bertz CT molecular complexity index is 198. The molecule has 0 aromatic heterocycles. The molecule has 0 aliphatic carbocycles. The maximum Gasteiger partial charge on any atom is 0.239 e. The molecule has 0 unspecified atom stereocenters. The van der Waals surface area contributed by atoms with Crippen molar-refractivity contribution in [3.63, 3.8) is 0 Å². The topological polar surface area (TPSA) is 64.4 Å². The Morgan fingerprint density at radius 1 is 1.47 bits per heavy atom. The molecule has 1 aliphatic rings. The molecule has 1 aliphatic heterocycles. The fourth-order valence-corrected chi connectivity index (χ4v) is 1.42. The zero-order valence-electron chi connectivity index (χ0n) is 9.41. The van der Waals surface area contributed by atoms with Crippen LogP contribution in [0.4, 0.5) is 0 Å². The highest BCUT2D eigenvalue weighted by Gasteiger charge is 2.23. The van der Waals surface area contributed by atoms with Gasteiger partial charge in [-0.15, -0.1) is 12.4 Å². The zero-order valence-corrected chi connectivity index (χ0v) is 10.2. The van der Waals surface area contributed by atoms with Crippen molar-refractivity contribution in [3.05, 3.63) is 0 Å². The highest BCUT2D eigenvalue weighted by Crippen LogP contribution is 2.13. The SMILES string of the molecule is CC(C)(N)C(=O)NCC1CCOCC1.Cl. The number of ether oxygens (including phenoxy) is 1. The molecule has 0 atom stereocenters. The van der Waals surface area contributed by atoms with Crippen LogP contribution in [0.2, 0.25) is 0 Å². The lowest BCUT2D eigenvalue weighted by atomic mass is 9.99. The van der Waals surface area contributed by atoms with Gasteiger partial charge in [0.05, 0.1) is 5.54 Å². The summed E-state index contributed by atoms with van der Waals surface area (Å²) in [5, 5.41) is 2.87. The maximum absolute atomic E-state index is 11.4. The number of nitrogens with one attached hydrogen (secondary N) is 1. The molecular weight excluding hydrogens is 216 g/mol. The summed E-state index contributed by atoms with van der Waals surface area (Å²) in [6, 6.07) is 0. The predicted octanol–water partition coefficient (Wildman–Crippen LogP) is 0.688. The van der Waals surface area contributed by atoms with Gasteiger partial charge in [0.25, 0.3) is 0 Å². The van der Waals surface area contributed by atoms with Crippen molar-refractivity contribution in [2.45, 2.75) is 32.2 Å². The number of hydrogen-bond acceptors (Lipinski definition) is 3. The molecular formula is C10H21ClN2O2. The summed E-state index contributed by atoms with van der Waals surface area (Å²) in [6.45, 7) is 5.78. The average Bonchev–Trinajstić information content (AvgIpc) is 2.14. The lowest BCUT2D eigenvalue weighted by Gasteiger charge is -2.24. The summed E-state index contributed by atoms with van der Waals surface area (Å²) >= 11 is 0. The number of hydrogen-bond donors (Lipinski definition) is 2. The van der Waals surface area contributed by atoms with Crippen molar-refractivity contribution in [2.75, 3.05) is 19.8 Å². The molecule has 3 N–H and O–H groups in total. The Morgan fingerprint density at radius 2 is 2.00 bits per heavy atom. The van der Waals surface area contributed by atoms with Gasteiger partial charge in [-0.2, -0.15) is 0 Å². The van der Waals surface area contributed by atoms with Crippen molar-refractivity contribution >= 4 is 18.3 Å². The first-order valence-corrected chi connectivity index (χ1v) is 5.15. The van der Waals surface area contributed by atoms with Crippen LogP contribution in [-0.4, -0.2) is 31.2 Å². The third kappa shape index (κ3) is 5.35. The van der Waals surface area contributed by atoms with Gasteiger partial charge in [0.2, 0.25) is 5.91 Å². The predicted molar refractivity (Wildman–Crippen MR) is 62.1 cm³/mol. The second kappa shape index (κ2) is 6.30. The summed E-state index contributed by atoms with van der Waals surface area (Å²) < 4.78 is 5.24. The molecule has 0 spiro atoms. The van der Waals surface area contributed by atoms with Gasteiger partial charge in [-0.1, -0.05) is 0 Å². The van der Waals surface area contributed by atoms with Crippen molar-refractivity contribution in [3.8, 4) is 0 Å². The number of amides is 1. The molecule has 4 nitrogen and oxygen atoms in total. The van der Waals surface area contributed by atoms with Gasteiger partial charge in [-0.05, 0) is 32.6 Å². The third-order valence-electron chi connectivity index (χ3n) is 2.48. The largest absolute Gasteiger partial charge is 0.381 e. The van der Waals surface area contributed by atoms with E-state index >= 15 is 0 Å². The Kier molecular flexibility index (Phi) is 6.17. The zero-order chi connectivity index (χ0) is 10.6. The lowest BCUT2D eigenvalue weighted by molar-refractivity contribution is -0.125. The summed E-state index contributed by atoms with van der Waals surface area (Å²) in [7, 11) is 0. The van der Waals surface area contributed by atoms with E-state index in [9.17, 15) is 4.79 Å². The lowest BCUT2D eigenvalue weighted by Crippen LogP contribution is -2.50. The van der Waals surface area contributed by atoms with Gasteiger partial charge >= 0.3 is 0 Å². The molecule has 0 bridgehead atoms. The van der Waals surface area contributed by atoms with Crippen molar-refractivity contribution in [1.82, 2.24) is 5.32 Å². The molecule has 90 valence electrons. The third-order valence-corrected chi connectivity index (χ3v) is 2.48. The van der Waals surface area contributed by atoms with Crippen molar-refractivity contribution in [1.29, 1.82) is 0 Å². The summed E-state index contributed by atoms with van der Waals surface area (Å²) in [4.78, 5) is 11.4. The molecule has 5 heteroatoms. The van der Waals surface area contributed by atoms with Crippen molar-refractivity contribution < 1.29 is 9.53 Å². The standard InChI is InChI=1S/C10H20N2O2.ClH/c1-10(2,11)9(13)12-7-8-3-5-14-6-4-8;/h8H,3-7,11H2,1-2H3,(H,12,13);1H. The number of rotatable bonds is 3. The first-order valence-electron chi connectivity index (χ1n) is 5.15. The smallest absolute Gasteiger partial charge is 0.239 e. The van der Waals surface area contributed by atoms with Gasteiger partial charge < -0.3 is 15.8 Å². The van der Waals surface area contributed by atoms with Crippen LogP contribution >= 0.6 is 12.4 Å². The highest BCUT2D eigenvalue weighted by molar-refractivity contribution is 5.85. The second-order valence-corrected chi connectivity index (χ2v) is 4.49. The maximum atomic E-state index is 11.4. The van der Waals surface area contributed by atoms with Crippen LogP contribution < -0.4 is 11.1 Å². The highest BCUT2D eigenvalue weighted by atomic mass is 35.5. The Balaban J connectivity index is 0.00000196. The number of carbonyl (C=O) groups is 1. The minimum absolute atomic E-state index is 0. The van der Waals surface area contributed by atoms with Gasteiger partial charge in [0.15, 0.2) is 0 Å². The van der Waals surface area contributed by atoms with Gasteiger partial charge in [0, 0.05) is 19.8 Å². The van der Waals surface area contributed by atoms with Crippen LogP contribution in [0.25, 0.3) is 0 Å². The summed E-state index contributed by atoms with van der Waals surface area (Å²) in [6.07, 6.45) is 2.07. The number of halogens is 1. The number of carbonyl (C=O) groups excluding carboxylic acids is 1. The number of nitrogens with two attached hydrogens (primary N) is 1. The normalized spacial score (nSPS) is 18.1. The van der Waals surface area contributed by atoms with Crippen LogP contribution in [0.15, 0.2) is 0 Å². The average molecular weight is 237 g/mol. The first-order chi connectivity index (χ1) is 6.50. The molecule has 0 aromatic carbocycles. The molecule has 1 amide bonds. The molecule has 1 fully saturated rings. The Labute approximate surface area is 97.3 Å². The Morgan fingerprint density at radius 3 is 2.47 bits per heavy atom. The van der Waals surface area contributed by atoms with E-state index in [0.29, 0.717) is 5.92 Å². The second-order valence-electron chi connectivity index (χ2n) is 4.49. The fourth-order valence-electron chi connectivity index (χ4n) is 1.42. The molecule has 15 heavy (non-hydrogen) atoms. The molecule has 0 saturated carbocycles. The minimum Gasteiger partial charge on any atom is -0.381 e. The van der Waals surface area contributed by atoms with E-state index < -0.39 is 5.54 Å². The summed E-state index contributed by atoms with van der Waals surface area (Å²) in [5.74, 6) is 0.471. The van der Waals surface area contributed by atoms with E-state index in [0.717, 1.165) is 32.6 Å². The first kappa shape index (κ1) is 14.7. The van der Waals surface area contributed by atoms with E-state index in [1.807, 2.05) is 0 Å². The van der Waals surface area contributed by atoms with Gasteiger partial charge in [0.1, 0.15) is 0 Å². The fraction of sp³-hybridized carbons (Fsp3) is 0.900. The van der Waals surface area contributed by atoms with E-state index in [1.54, 1.807) is 13.8 Å². The van der Waals surface area contributed by atoms with Crippen molar-refractivity contribution in [2.24, 2.45) is 11.7 Å². The minimum atomic E-state index is -0.773. The summed E-state index contributed by atoms with van der Waals surface area (Å²) in [5.41, 5.74) is 4.89. The van der Waals surface area contributed by atoms with Crippen LogP contribution in [0.3, 0.4) is 0 Å². The van der Waals surface area contributed by atoms with E-state index in [1.165, 1.54) is 0 Å². The molecule has 1 rings (SSSR count). The quantitative estimate of drug-likeness (QED) is 0.758. The van der Waals surface area contributed by atoms with E-state index in [-0.39, 0.29) is 18.3 Å². The van der Waals surface area contributed by atoms with Crippen LogP contribution in [0.1, 0.15) is 26.7 Å². The molecule has 1 saturated heterocycles. The van der Waals surface area contributed by atoms with E-state index in [4.69, 9.17) is 10.5 Å². The van der Waals surface area contributed by atoms with Crippen LogP contribution in [0.5, 0.6) is 0 Å². The van der Waals surface area contributed by atoms with E-state index in [2.05, 4.69) is 5.32 Å². The van der Waals surface area contributed by atoms with Gasteiger partial charge in [-0.25, -0.2) is 0 Å². The Hall–Kier alpha value is -0.320. The molecule has 0 aromatic rings.